The molecule has 0 N–H and O–H groups in total. The number of piperidine rings is 1. The SMILES string of the molecule is CCCC1(C(=O)c2ccc(Cl)c(Cl)c2)CCC2CCC1N2C(=O)OC(C)(C)C. The number of nitrogens with zero attached hydrogens (tertiary/aromatic N) is 1. The van der Waals surface area contributed by atoms with E-state index in [4.69, 9.17) is 27.9 Å². The van der Waals surface area contributed by atoms with Gasteiger partial charge in [0.05, 0.1) is 15.5 Å². The number of hydrogen-bond donors (Lipinski definition) is 0. The van der Waals surface area contributed by atoms with Crippen molar-refractivity contribution in [1.82, 2.24) is 4.90 Å². The number of fused-ring (bicyclic) bond motifs is 2. The zero-order valence-electron chi connectivity index (χ0n) is 17.1. The van der Waals surface area contributed by atoms with Gasteiger partial charge < -0.3 is 9.64 Å². The Kier molecular flexibility index (Phi) is 6.03. The zero-order chi connectivity index (χ0) is 20.7. The van der Waals surface area contributed by atoms with E-state index in [9.17, 15) is 9.59 Å². The van der Waals surface area contributed by atoms with Crippen LogP contribution in [0.4, 0.5) is 4.79 Å². The number of rotatable bonds is 4. The minimum absolute atomic E-state index is 0.0619. The molecule has 1 amide bonds. The molecule has 2 saturated heterocycles. The summed E-state index contributed by atoms with van der Waals surface area (Å²) in [5, 5.41) is 0.811. The predicted molar refractivity (Wildman–Crippen MR) is 112 cm³/mol. The molecule has 1 aromatic carbocycles. The maximum absolute atomic E-state index is 13.7. The fourth-order valence-electron chi connectivity index (χ4n) is 4.93. The van der Waals surface area contributed by atoms with Crippen LogP contribution < -0.4 is 0 Å². The highest BCUT2D eigenvalue weighted by Gasteiger charge is 2.57. The Bertz CT molecular complexity index is 774. The third-order valence-electron chi connectivity index (χ3n) is 6.00. The van der Waals surface area contributed by atoms with Crippen LogP contribution in [-0.2, 0) is 4.74 Å². The number of amides is 1. The first-order chi connectivity index (χ1) is 13.1. The first kappa shape index (κ1) is 21.4. The third kappa shape index (κ3) is 3.91. The molecular weight excluding hydrogens is 397 g/mol. The van der Waals surface area contributed by atoms with Crippen LogP contribution in [0.25, 0.3) is 0 Å². The van der Waals surface area contributed by atoms with E-state index in [0.29, 0.717) is 15.6 Å². The minimum Gasteiger partial charge on any atom is -0.444 e. The molecule has 0 aliphatic carbocycles. The van der Waals surface area contributed by atoms with Gasteiger partial charge >= 0.3 is 6.09 Å². The molecule has 3 unspecified atom stereocenters. The van der Waals surface area contributed by atoms with Gasteiger partial charge in [-0.05, 0) is 71.1 Å². The summed E-state index contributed by atoms with van der Waals surface area (Å²) in [6, 6.07) is 5.09. The Hall–Kier alpha value is -1.26. The lowest BCUT2D eigenvalue weighted by Gasteiger charge is -2.48. The second-order valence-electron chi connectivity index (χ2n) is 9.04. The van der Waals surface area contributed by atoms with Gasteiger partial charge in [0.1, 0.15) is 5.60 Å². The molecule has 2 aliphatic rings. The van der Waals surface area contributed by atoms with E-state index in [1.54, 1.807) is 18.2 Å². The van der Waals surface area contributed by atoms with Gasteiger partial charge in [0, 0.05) is 17.6 Å². The van der Waals surface area contributed by atoms with Crippen LogP contribution in [0.5, 0.6) is 0 Å². The number of halogens is 2. The fourth-order valence-corrected chi connectivity index (χ4v) is 5.23. The van der Waals surface area contributed by atoms with Crippen molar-refractivity contribution in [2.45, 2.75) is 83.9 Å². The van der Waals surface area contributed by atoms with Gasteiger partial charge in [0.2, 0.25) is 0 Å². The molecule has 1 aromatic rings. The normalized spacial score (nSPS) is 27.0. The highest BCUT2D eigenvalue weighted by molar-refractivity contribution is 6.42. The molecule has 2 aliphatic heterocycles. The zero-order valence-corrected chi connectivity index (χ0v) is 18.6. The molecular formula is C22H29Cl2NO3. The Balaban J connectivity index is 1.98. The van der Waals surface area contributed by atoms with Crippen LogP contribution in [0, 0.1) is 5.41 Å². The molecule has 154 valence electrons. The molecule has 0 saturated carbocycles. The summed E-state index contributed by atoms with van der Waals surface area (Å²) in [6.45, 7) is 7.70. The van der Waals surface area contributed by atoms with Gasteiger partial charge in [-0.15, -0.1) is 0 Å². The maximum Gasteiger partial charge on any atom is 0.410 e. The first-order valence-corrected chi connectivity index (χ1v) is 10.9. The first-order valence-electron chi connectivity index (χ1n) is 10.1. The minimum atomic E-state index is -0.601. The molecule has 2 fully saturated rings. The highest BCUT2D eigenvalue weighted by Crippen LogP contribution is 2.51. The average Bonchev–Trinajstić information content (AvgIpc) is 2.95. The van der Waals surface area contributed by atoms with Crippen molar-refractivity contribution in [3.8, 4) is 0 Å². The maximum atomic E-state index is 13.7. The van der Waals surface area contributed by atoms with Gasteiger partial charge in [-0.1, -0.05) is 36.5 Å². The lowest BCUT2D eigenvalue weighted by Crippen LogP contribution is -2.57. The molecule has 3 rings (SSSR count). The molecule has 0 radical (unpaired) electrons. The Morgan fingerprint density at radius 1 is 1.18 bits per heavy atom. The van der Waals surface area contributed by atoms with E-state index in [2.05, 4.69) is 6.92 Å². The van der Waals surface area contributed by atoms with Gasteiger partial charge in [-0.25, -0.2) is 4.79 Å². The standard InChI is InChI=1S/C22H29Cl2NO3/c1-5-11-22(19(26)14-6-8-16(23)17(24)13-14)12-10-15-7-9-18(22)25(15)20(27)28-21(2,3)4/h6,8,13,15,18H,5,7,9-12H2,1-4H3. The van der Waals surface area contributed by atoms with E-state index in [1.807, 2.05) is 25.7 Å². The molecule has 3 atom stereocenters. The van der Waals surface area contributed by atoms with Gasteiger partial charge in [-0.3, -0.25) is 4.79 Å². The van der Waals surface area contributed by atoms with E-state index < -0.39 is 11.0 Å². The van der Waals surface area contributed by atoms with Crippen LogP contribution in [0.1, 0.15) is 76.6 Å². The van der Waals surface area contributed by atoms with Crippen molar-refractivity contribution in [2.75, 3.05) is 0 Å². The smallest absolute Gasteiger partial charge is 0.410 e. The summed E-state index contributed by atoms with van der Waals surface area (Å²) in [7, 11) is 0. The van der Waals surface area contributed by atoms with Crippen molar-refractivity contribution in [3.05, 3.63) is 33.8 Å². The molecule has 6 heteroatoms. The van der Waals surface area contributed by atoms with Crippen LogP contribution in [0.2, 0.25) is 10.0 Å². The van der Waals surface area contributed by atoms with Crippen LogP contribution in [-0.4, -0.2) is 34.5 Å². The summed E-state index contributed by atoms with van der Waals surface area (Å²) in [5.74, 6) is 0.0619. The Morgan fingerprint density at radius 3 is 2.50 bits per heavy atom. The van der Waals surface area contributed by atoms with Gasteiger partial charge in [-0.2, -0.15) is 0 Å². The predicted octanol–water partition coefficient (Wildman–Crippen LogP) is 6.52. The van der Waals surface area contributed by atoms with E-state index in [0.717, 1.165) is 38.5 Å². The van der Waals surface area contributed by atoms with Crippen LogP contribution in [0.15, 0.2) is 18.2 Å². The lowest BCUT2D eigenvalue weighted by atomic mass is 9.66. The average molecular weight is 426 g/mol. The summed E-state index contributed by atoms with van der Waals surface area (Å²) in [6.07, 6.45) is 4.67. The van der Waals surface area contributed by atoms with Crippen molar-refractivity contribution in [2.24, 2.45) is 5.41 Å². The van der Waals surface area contributed by atoms with E-state index in [1.165, 1.54) is 0 Å². The Labute approximate surface area is 177 Å². The Morgan fingerprint density at radius 2 is 1.89 bits per heavy atom. The number of ether oxygens (including phenoxy) is 1. The summed E-state index contributed by atoms with van der Waals surface area (Å²) in [5.41, 5.74) is -0.595. The van der Waals surface area contributed by atoms with Crippen molar-refractivity contribution < 1.29 is 14.3 Å². The fraction of sp³-hybridized carbons (Fsp3) is 0.636. The number of Topliss-reactive ketones (excluding diaryl/α,β-unsaturated/α-hetero) is 1. The van der Waals surface area contributed by atoms with E-state index in [-0.39, 0.29) is 24.0 Å². The van der Waals surface area contributed by atoms with Crippen LogP contribution >= 0.6 is 23.2 Å². The summed E-state index contributed by atoms with van der Waals surface area (Å²) in [4.78, 5) is 28.6. The molecule has 4 nitrogen and oxygen atoms in total. The van der Waals surface area contributed by atoms with Crippen molar-refractivity contribution in [3.63, 3.8) is 0 Å². The van der Waals surface area contributed by atoms with Crippen molar-refractivity contribution in [1.29, 1.82) is 0 Å². The summed E-state index contributed by atoms with van der Waals surface area (Å²) >= 11 is 12.2. The number of hydrogen-bond acceptors (Lipinski definition) is 3. The number of ketones is 1. The molecule has 0 spiro atoms. The number of carbonyl (C=O) groups is 2. The van der Waals surface area contributed by atoms with Gasteiger partial charge in [0.15, 0.2) is 5.78 Å². The lowest BCUT2D eigenvalue weighted by molar-refractivity contribution is -0.0198. The highest BCUT2D eigenvalue weighted by atomic mass is 35.5. The second-order valence-corrected chi connectivity index (χ2v) is 9.85. The van der Waals surface area contributed by atoms with Crippen LogP contribution in [0.3, 0.4) is 0 Å². The molecule has 28 heavy (non-hydrogen) atoms. The quantitative estimate of drug-likeness (QED) is 0.515. The van der Waals surface area contributed by atoms with Gasteiger partial charge in [0.25, 0.3) is 0 Å². The van der Waals surface area contributed by atoms with E-state index >= 15 is 0 Å². The number of benzene rings is 1. The molecule has 2 heterocycles. The molecule has 2 bridgehead atoms. The second kappa shape index (κ2) is 7.87. The topological polar surface area (TPSA) is 46.6 Å². The monoisotopic (exact) mass is 425 g/mol. The largest absolute Gasteiger partial charge is 0.444 e. The summed E-state index contributed by atoms with van der Waals surface area (Å²) < 4.78 is 5.69. The third-order valence-corrected chi connectivity index (χ3v) is 6.74. The molecule has 0 aromatic heterocycles. The number of carbonyl (C=O) groups excluding carboxylic acids is 2. The van der Waals surface area contributed by atoms with Crippen molar-refractivity contribution >= 4 is 35.1 Å².